The van der Waals surface area contributed by atoms with Crippen molar-refractivity contribution in [3.05, 3.63) is 162 Å². The van der Waals surface area contributed by atoms with Gasteiger partial charge in [0.15, 0.2) is 0 Å². The van der Waals surface area contributed by atoms with E-state index < -0.39 is 31.2 Å². The fourth-order valence-corrected chi connectivity index (χ4v) is 14.7. The largest absolute Gasteiger partial charge is 1.00 e. The Hall–Kier alpha value is -1.07. The number of halogens is 4. The molecule has 0 nitrogen and oxygen atoms in total. The van der Waals surface area contributed by atoms with Crippen LogP contribution in [0.3, 0.4) is 0 Å². The van der Waals surface area contributed by atoms with E-state index in [1.807, 2.05) is 0 Å². The van der Waals surface area contributed by atoms with Gasteiger partial charge in [0.05, 0.1) is 0 Å². The summed E-state index contributed by atoms with van der Waals surface area (Å²) in [6.45, 7) is 0. The molecule has 9 rings (SSSR count). The van der Waals surface area contributed by atoms with E-state index in [0.717, 1.165) is 0 Å². The molecule has 2 aliphatic carbocycles. The maximum atomic E-state index is 2.65. The molecule has 0 saturated carbocycles. The summed E-state index contributed by atoms with van der Waals surface area (Å²) in [6, 6.07) is 43.7. The number of hydrogen-bond acceptors (Lipinski definition) is 0. The van der Waals surface area contributed by atoms with E-state index in [-0.39, 0.29) is 24.8 Å². The van der Waals surface area contributed by atoms with E-state index in [9.17, 15) is 0 Å². The molecule has 6 heteroatoms. The molecule has 5 aromatic rings. The van der Waals surface area contributed by atoms with Crippen molar-refractivity contribution in [3.63, 3.8) is 0 Å². The van der Waals surface area contributed by atoms with Gasteiger partial charge >= 0.3 is 279 Å². The second kappa shape index (κ2) is 12.7. The van der Waals surface area contributed by atoms with Crippen LogP contribution in [-0.4, -0.2) is 0 Å². The third-order valence-electron chi connectivity index (χ3n) is 8.27. The molecule has 4 aliphatic rings. The first-order valence-electron chi connectivity index (χ1n) is 13.5. The van der Waals surface area contributed by atoms with Crippen LogP contribution in [0.4, 0.5) is 0 Å². The Morgan fingerprint density at radius 1 is 0.524 bits per heavy atom. The van der Waals surface area contributed by atoms with Crippen LogP contribution in [0, 0.1) is 7.14 Å². The number of rotatable bonds is 4. The summed E-state index contributed by atoms with van der Waals surface area (Å²) < 4.78 is 6.15. The molecular formula is C36H23Cl2I2PZr. The minimum atomic E-state index is -1.11. The van der Waals surface area contributed by atoms with Gasteiger partial charge in [-0.15, -0.1) is 0 Å². The van der Waals surface area contributed by atoms with Crippen LogP contribution in [0.25, 0.3) is 12.2 Å². The van der Waals surface area contributed by atoms with Crippen LogP contribution < -0.4 is 40.7 Å². The zero-order valence-electron chi connectivity index (χ0n) is 22.2. The van der Waals surface area contributed by atoms with Gasteiger partial charge in [-0.2, -0.15) is 0 Å². The molecule has 2 aliphatic heterocycles. The van der Waals surface area contributed by atoms with Crippen molar-refractivity contribution in [2.24, 2.45) is 0 Å². The van der Waals surface area contributed by atoms with E-state index in [0.29, 0.717) is 11.8 Å². The molecule has 0 fully saturated rings. The molecule has 42 heavy (non-hydrogen) atoms. The Kier molecular flexibility index (Phi) is 9.38. The van der Waals surface area contributed by atoms with Crippen LogP contribution in [0.15, 0.2) is 122 Å². The molecule has 2 heterocycles. The van der Waals surface area contributed by atoms with Gasteiger partial charge in [-0.05, 0) is 0 Å². The molecule has 204 valence electrons. The summed E-state index contributed by atoms with van der Waals surface area (Å²) >= 11 is 4.04. The Labute approximate surface area is 299 Å². The number of fused-ring (bicyclic) bond motifs is 3. The minimum Gasteiger partial charge on any atom is -1.00 e. The van der Waals surface area contributed by atoms with Crippen molar-refractivity contribution in [1.82, 2.24) is 0 Å². The normalized spacial score (nSPS) is 18.8. The Morgan fingerprint density at radius 2 is 1.12 bits per heavy atom. The Bertz CT molecular complexity index is 1850. The van der Waals surface area contributed by atoms with Gasteiger partial charge in [-0.3, -0.25) is 0 Å². The first kappa shape index (κ1) is 30.9. The van der Waals surface area contributed by atoms with E-state index in [2.05, 4.69) is 173 Å². The summed E-state index contributed by atoms with van der Waals surface area (Å²) in [5, 5.41) is 4.39. The second-order valence-electron chi connectivity index (χ2n) is 10.5. The second-order valence-corrected chi connectivity index (χ2v) is 18.5. The molecule has 5 aromatic carbocycles. The van der Waals surface area contributed by atoms with Crippen LogP contribution in [0.2, 0.25) is 0 Å². The fourth-order valence-electron chi connectivity index (χ4n) is 6.56. The van der Waals surface area contributed by atoms with Gasteiger partial charge in [-0.1, -0.05) is 0 Å². The fraction of sp³-hybridized carbons (Fsp3) is 0.0556. The van der Waals surface area contributed by atoms with Gasteiger partial charge < -0.3 is 24.8 Å². The molecule has 3 unspecified atom stereocenters. The zero-order chi connectivity index (χ0) is 26.8. The number of allylic oxidation sites excluding steroid dienone is 2. The van der Waals surface area contributed by atoms with Crippen molar-refractivity contribution in [3.8, 4) is 0 Å². The first-order valence-corrected chi connectivity index (χ1v) is 19.4. The molecule has 0 aromatic heterocycles. The minimum absolute atomic E-state index is 0. The van der Waals surface area contributed by atoms with Crippen LogP contribution in [0.1, 0.15) is 45.2 Å². The third-order valence-corrected chi connectivity index (χ3v) is 16.2. The monoisotopic (exact) mass is 900 g/mol. The summed E-state index contributed by atoms with van der Waals surface area (Å²) in [6.07, 6.45) is 5.20. The molecular weight excluding hydrogens is 879 g/mol. The van der Waals surface area contributed by atoms with Gasteiger partial charge in [-0.25, -0.2) is 0 Å². The predicted octanol–water partition coefficient (Wildman–Crippen LogP) is 2.73. The topological polar surface area (TPSA) is 0 Å². The van der Waals surface area contributed by atoms with Crippen molar-refractivity contribution >= 4 is 81.2 Å². The molecule has 6 bridgehead atoms. The smallest absolute Gasteiger partial charge is 1.00 e. The van der Waals surface area contributed by atoms with Gasteiger partial charge in [0, 0.05) is 0 Å². The van der Waals surface area contributed by atoms with Gasteiger partial charge in [0.1, 0.15) is 0 Å². The third kappa shape index (κ3) is 5.19. The van der Waals surface area contributed by atoms with Crippen LogP contribution in [0.5, 0.6) is 0 Å². The molecule has 0 amide bonds. The number of benzene rings is 5. The molecule has 0 saturated heterocycles. The van der Waals surface area contributed by atoms with E-state index in [4.69, 9.17) is 0 Å². The summed E-state index contributed by atoms with van der Waals surface area (Å²) in [4.78, 5) is 0. The van der Waals surface area contributed by atoms with Gasteiger partial charge in [0.25, 0.3) is 0 Å². The van der Waals surface area contributed by atoms with Gasteiger partial charge in [0.2, 0.25) is 0 Å². The average molecular weight is 902 g/mol. The maximum absolute atomic E-state index is 2.65. The van der Waals surface area contributed by atoms with Crippen LogP contribution >= 0.6 is 53.1 Å². The van der Waals surface area contributed by atoms with Crippen LogP contribution in [-0.2, 0) is 23.2 Å². The molecule has 3 atom stereocenters. The Balaban J connectivity index is 0.00000158. The predicted molar refractivity (Wildman–Crippen MR) is 183 cm³/mol. The van der Waals surface area contributed by atoms with E-state index in [1.54, 1.807) is 12.1 Å². The van der Waals surface area contributed by atoms with Crippen molar-refractivity contribution in [1.29, 1.82) is 0 Å². The molecule has 0 N–H and O–H groups in total. The summed E-state index contributed by atoms with van der Waals surface area (Å²) in [7, 11) is -0.607. The van der Waals surface area contributed by atoms with Crippen molar-refractivity contribution < 1.29 is 48.0 Å². The van der Waals surface area contributed by atoms with E-state index in [1.165, 1.54) is 50.9 Å². The Morgan fingerprint density at radius 3 is 1.86 bits per heavy atom. The first-order chi connectivity index (χ1) is 19.7. The van der Waals surface area contributed by atoms with E-state index >= 15 is 0 Å². The van der Waals surface area contributed by atoms with Crippen molar-refractivity contribution in [2.75, 3.05) is 0 Å². The number of hydrogen-bond donors (Lipinski definition) is 0. The molecule has 0 radical (unpaired) electrons. The quantitative estimate of drug-likeness (QED) is 0.193. The maximum Gasteiger partial charge on any atom is -1.00 e. The average Bonchev–Trinajstić information content (AvgIpc) is 3.57. The standard InChI is InChI=1S/C21H13IP.C15H10I.2ClH.Zr/c22-19-12-13-20-18-11-10-17(21(18)19)14-6-8-16(9-7-14)23(20)15-4-2-1-3-5-15;16-14-8-4-7-12-9-10-13(15(12)14)11-5-2-1-3-6-11;;;/h1-9,11-13,17H;1-9,13H;2*1H;/q;;;;+2/p-2. The summed E-state index contributed by atoms with van der Waals surface area (Å²) in [5.41, 5.74) is 8.86. The van der Waals surface area contributed by atoms with Crippen molar-refractivity contribution in [2.45, 2.75) is 11.8 Å². The summed E-state index contributed by atoms with van der Waals surface area (Å²) in [5.74, 6) is 0.741. The SMILES string of the molecule is Ic1cccc2c1C(c1ccccc1)[C]([Zr+2][C]1=Cc3c4ccc(I)c3C1c1ccc(cc1)P4c1ccccc1)=C2.[Cl-].[Cl-]. The zero-order valence-corrected chi connectivity index (χ0v) is 31.4. The molecule has 0 spiro atoms.